The Balaban J connectivity index is 1.42. The average molecular weight is 731 g/mol. The minimum absolute atomic E-state index is 0.0566. The largest absolute Gasteiger partial charge is 0.508 e. The number of carbonyl (C=O) groups is 6. The van der Waals surface area contributed by atoms with Crippen molar-refractivity contribution in [1.82, 2.24) is 26.2 Å². The first-order valence-corrected chi connectivity index (χ1v) is 17.2. The number of aromatic hydroxyl groups is 2. The van der Waals surface area contributed by atoms with Gasteiger partial charge in [0.1, 0.15) is 53.1 Å². The molecule has 0 radical (unpaired) electrons. The van der Waals surface area contributed by atoms with E-state index in [4.69, 9.17) is 5.73 Å². The van der Waals surface area contributed by atoms with Crippen molar-refractivity contribution < 1.29 is 49.2 Å². The molecule has 8 atom stereocenters. The van der Waals surface area contributed by atoms with Crippen LogP contribution >= 0.6 is 23.5 Å². The molecule has 3 aliphatic heterocycles. The zero-order valence-electron chi connectivity index (χ0n) is 27.3. The second-order valence-electron chi connectivity index (χ2n) is 13.3. The van der Waals surface area contributed by atoms with Gasteiger partial charge in [0.25, 0.3) is 0 Å². The summed E-state index contributed by atoms with van der Waals surface area (Å²) in [6, 6.07) is 3.24. The Kier molecular flexibility index (Phi) is 10.0. The van der Waals surface area contributed by atoms with E-state index in [0.717, 1.165) is 11.8 Å². The topological polar surface area (TPSA) is 261 Å². The number of aliphatic carboxylic acids is 2. The summed E-state index contributed by atoms with van der Waals surface area (Å²) in [4.78, 5) is 79.9. The highest BCUT2D eigenvalue weighted by Crippen LogP contribution is 2.51. The van der Waals surface area contributed by atoms with E-state index < -0.39 is 92.1 Å². The average Bonchev–Trinajstić information content (AvgIpc) is 3.51. The number of hydrogen-bond acceptors (Lipinski definition) is 12. The molecule has 0 aromatic heterocycles. The van der Waals surface area contributed by atoms with Crippen molar-refractivity contribution in [1.29, 1.82) is 0 Å². The van der Waals surface area contributed by atoms with Crippen LogP contribution in [-0.2, 0) is 28.8 Å². The van der Waals surface area contributed by atoms with Crippen LogP contribution < -0.4 is 27.0 Å². The van der Waals surface area contributed by atoms with E-state index in [2.05, 4.69) is 21.3 Å². The molecule has 3 aliphatic rings. The predicted molar refractivity (Wildman–Crippen MR) is 182 cm³/mol. The highest BCUT2D eigenvalue weighted by Gasteiger charge is 2.64. The maximum Gasteiger partial charge on any atom is 0.327 e. The van der Waals surface area contributed by atoms with E-state index in [1.807, 2.05) is 0 Å². The quantitative estimate of drug-likeness (QED) is 0.138. The van der Waals surface area contributed by atoms with Crippen molar-refractivity contribution in [2.24, 2.45) is 5.73 Å². The molecule has 0 saturated carbocycles. The highest BCUT2D eigenvalue weighted by atomic mass is 32.2. The van der Waals surface area contributed by atoms with Crippen LogP contribution in [-0.4, -0.2) is 105 Å². The molecule has 3 saturated heterocycles. The Labute approximate surface area is 294 Å². The van der Waals surface area contributed by atoms with E-state index in [0.29, 0.717) is 5.56 Å². The molecule has 10 N–H and O–H groups in total. The first-order chi connectivity index (χ1) is 23.3. The summed E-state index contributed by atoms with van der Waals surface area (Å²) < 4.78 is -1.79. The van der Waals surface area contributed by atoms with Gasteiger partial charge in [0.15, 0.2) is 0 Å². The van der Waals surface area contributed by atoms with Gasteiger partial charge in [-0.25, -0.2) is 4.79 Å². The summed E-state index contributed by atoms with van der Waals surface area (Å²) in [5.74, 6) is -5.70. The summed E-state index contributed by atoms with van der Waals surface area (Å²) in [6.07, 6.45) is 0. The monoisotopic (exact) mass is 730 g/mol. The molecule has 4 amide bonds. The van der Waals surface area contributed by atoms with Gasteiger partial charge in [-0.05, 0) is 63.1 Å². The number of hydrogen-bond donors (Lipinski definition) is 9. The number of nitrogens with two attached hydrogens (primary N) is 1. The Morgan fingerprint density at radius 2 is 1.36 bits per heavy atom. The second kappa shape index (κ2) is 13.7. The van der Waals surface area contributed by atoms with Crippen LogP contribution in [0.4, 0.5) is 0 Å². The van der Waals surface area contributed by atoms with Crippen LogP contribution in [0.5, 0.6) is 11.5 Å². The van der Waals surface area contributed by atoms with Gasteiger partial charge in [0, 0.05) is 9.49 Å². The second-order valence-corrected chi connectivity index (χ2v) is 16.8. The number of nitrogens with one attached hydrogen (secondary N) is 4. The number of fused-ring (bicyclic) bond motifs is 1. The summed E-state index contributed by atoms with van der Waals surface area (Å²) in [5, 5.41) is 48.2. The highest BCUT2D eigenvalue weighted by molar-refractivity contribution is 8.02. The summed E-state index contributed by atoms with van der Waals surface area (Å²) in [5.41, 5.74) is 6.70. The maximum atomic E-state index is 14.2. The molecule has 5 rings (SSSR count). The van der Waals surface area contributed by atoms with Gasteiger partial charge < -0.3 is 47.0 Å². The number of benzene rings is 2. The van der Waals surface area contributed by atoms with Crippen molar-refractivity contribution >= 4 is 59.1 Å². The van der Waals surface area contributed by atoms with E-state index in [1.165, 1.54) is 65.2 Å². The fourth-order valence-electron chi connectivity index (χ4n) is 6.26. The van der Waals surface area contributed by atoms with E-state index in [1.54, 1.807) is 27.7 Å². The number of nitrogens with zero attached hydrogens (tertiary/aromatic N) is 1. The SMILES string of the molecule is CC1(C)S[C@@H]2[C@H](NC(=O)[C@H](NC(=O)[C@@H](NC(=O)[C@H](N)c3ccc(O)cc3)C3N[C@@H](C(=O)O)C(C)(C)S3)c3ccc(O)cc3)C(=O)N2[C@H]1C(=O)O. The Hall–Kier alpha value is -4.52. The number of thioether (sulfide) groups is 2. The summed E-state index contributed by atoms with van der Waals surface area (Å²) in [6.45, 7) is 6.69. The zero-order chi connectivity index (χ0) is 36.9. The van der Waals surface area contributed by atoms with Gasteiger partial charge in [-0.3, -0.25) is 29.3 Å². The van der Waals surface area contributed by atoms with Crippen LogP contribution in [0.15, 0.2) is 48.5 Å². The number of phenolic OH excluding ortho intramolecular Hbond substituents is 2. The van der Waals surface area contributed by atoms with Crippen LogP contribution in [0.25, 0.3) is 0 Å². The molecule has 16 nitrogen and oxygen atoms in total. The fourth-order valence-corrected chi connectivity index (χ4v) is 9.38. The molecule has 268 valence electrons. The Bertz CT molecular complexity index is 1710. The summed E-state index contributed by atoms with van der Waals surface area (Å²) >= 11 is 2.31. The standard InChI is InChI=1S/C32H38N6O10S2/c1-31(2)21(29(45)46)37-26(49-31)19(35-23(41)17(33)13-5-9-15(39)10-6-13)25(43)34-18(14-7-11-16(40)12-8-14)24(42)36-20-27(44)38-22(30(47)48)32(3,4)50-28(20)38/h5-12,17-22,26,28,37,39-40H,33H2,1-4H3,(H,34,43)(H,35,41)(H,36,42)(H,45,46)(H,47,48)/t17-,18-,19-,20-,21+,22+,26?,28-/m1/s1. The molecule has 1 unspecified atom stereocenters. The first-order valence-electron chi connectivity index (χ1n) is 15.5. The molecule has 0 spiro atoms. The van der Waals surface area contributed by atoms with Gasteiger partial charge in [-0.15, -0.1) is 23.5 Å². The van der Waals surface area contributed by atoms with Gasteiger partial charge in [-0.2, -0.15) is 0 Å². The van der Waals surface area contributed by atoms with Gasteiger partial charge in [0.05, 0.1) is 5.37 Å². The lowest BCUT2D eigenvalue weighted by atomic mass is 9.95. The number of phenols is 2. The first kappa shape index (κ1) is 36.8. The minimum Gasteiger partial charge on any atom is -0.508 e. The molecule has 2 aromatic rings. The van der Waals surface area contributed by atoms with Crippen LogP contribution in [0.2, 0.25) is 0 Å². The van der Waals surface area contributed by atoms with Gasteiger partial charge >= 0.3 is 11.9 Å². The predicted octanol–water partition coefficient (Wildman–Crippen LogP) is -0.0341. The molecule has 0 bridgehead atoms. The smallest absolute Gasteiger partial charge is 0.327 e. The van der Waals surface area contributed by atoms with Crippen molar-refractivity contribution in [2.75, 3.05) is 0 Å². The number of carboxylic acid groups (broad SMARTS) is 2. The Morgan fingerprint density at radius 1 is 0.800 bits per heavy atom. The van der Waals surface area contributed by atoms with E-state index >= 15 is 0 Å². The lowest BCUT2D eigenvalue weighted by Crippen LogP contribution is -2.71. The molecule has 0 aliphatic carbocycles. The number of β-lactam (4-membered cyclic amide) rings is 1. The molecular formula is C32H38N6O10S2. The fraction of sp³-hybridized carbons (Fsp3) is 0.438. The zero-order valence-corrected chi connectivity index (χ0v) is 29.0. The Morgan fingerprint density at radius 3 is 1.88 bits per heavy atom. The number of amides is 4. The van der Waals surface area contributed by atoms with E-state index in [-0.39, 0.29) is 17.1 Å². The van der Waals surface area contributed by atoms with Gasteiger partial charge in [0.2, 0.25) is 23.6 Å². The van der Waals surface area contributed by atoms with Crippen LogP contribution in [0.1, 0.15) is 50.9 Å². The molecule has 18 heteroatoms. The molecule has 2 aromatic carbocycles. The third-order valence-electron chi connectivity index (χ3n) is 8.87. The lowest BCUT2D eigenvalue weighted by molar-refractivity contribution is -0.161. The number of carboxylic acids is 2. The third-order valence-corrected chi connectivity index (χ3v) is 11.9. The van der Waals surface area contributed by atoms with Crippen LogP contribution in [0, 0.1) is 0 Å². The number of carbonyl (C=O) groups excluding carboxylic acids is 4. The number of rotatable bonds is 11. The van der Waals surface area contributed by atoms with Crippen molar-refractivity contribution in [2.45, 2.75) is 84.2 Å². The van der Waals surface area contributed by atoms with Crippen LogP contribution in [0.3, 0.4) is 0 Å². The van der Waals surface area contributed by atoms with Crippen molar-refractivity contribution in [3.8, 4) is 11.5 Å². The third kappa shape index (κ3) is 7.05. The maximum absolute atomic E-state index is 14.2. The lowest BCUT2D eigenvalue weighted by Gasteiger charge is -2.44. The van der Waals surface area contributed by atoms with E-state index in [9.17, 15) is 49.2 Å². The minimum atomic E-state index is -1.49. The summed E-state index contributed by atoms with van der Waals surface area (Å²) in [7, 11) is 0. The molecular weight excluding hydrogens is 693 g/mol. The van der Waals surface area contributed by atoms with Crippen molar-refractivity contribution in [3.63, 3.8) is 0 Å². The normalized spacial score (nSPS) is 26.5. The molecule has 50 heavy (non-hydrogen) atoms. The molecule has 3 heterocycles. The van der Waals surface area contributed by atoms with Crippen molar-refractivity contribution in [3.05, 3.63) is 59.7 Å². The molecule has 3 fully saturated rings. The van der Waals surface area contributed by atoms with Gasteiger partial charge in [-0.1, -0.05) is 24.3 Å².